The summed E-state index contributed by atoms with van der Waals surface area (Å²) >= 11 is 6.37. The van der Waals surface area contributed by atoms with Crippen LogP contribution in [0.25, 0.3) is 11.8 Å². The van der Waals surface area contributed by atoms with Crippen LogP contribution in [0.1, 0.15) is 35.0 Å². The van der Waals surface area contributed by atoms with E-state index >= 15 is 0 Å². The summed E-state index contributed by atoms with van der Waals surface area (Å²) in [6.07, 6.45) is 1.77. The maximum atomic E-state index is 13.7. The molecule has 0 fully saturated rings. The number of hydrogen-bond donors (Lipinski definition) is 0. The molecule has 0 bridgehead atoms. The Morgan fingerprint density at radius 3 is 2.22 bits per heavy atom. The molecule has 0 radical (unpaired) electrons. The monoisotopic (exact) mass is 504 g/mol. The highest BCUT2D eigenvalue weighted by molar-refractivity contribution is 6.32. The molecule has 3 aromatic rings. The van der Waals surface area contributed by atoms with Crippen LogP contribution in [0.5, 0.6) is 5.75 Å². The fraction of sp³-hybridized carbons (Fsp3) is 0.241. The van der Waals surface area contributed by atoms with Crippen molar-refractivity contribution in [2.24, 2.45) is 0 Å². The van der Waals surface area contributed by atoms with Crippen molar-refractivity contribution in [3.8, 4) is 11.4 Å². The van der Waals surface area contributed by atoms with Gasteiger partial charge in [0.15, 0.2) is 0 Å². The Hall–Kier alpha value is -3.77. The number of allylic oxidation sites excluding steroid dienone is 1. The molecule has 0 unspecified atom stereocenters. The van der Waals surface area contributed by atoms with Crippen LogP contribution in [-0.4, -0.2) is 30.7 Å². The number of aryl methyl sites for hydroxylation is 3. The second kappa shape index (κ2) is 9.70. The summed E-state index contributed by atoms with van der Waals surface area (Å²) in [6, 6.07) is 13.4. The molecule has 4 rings (SSSR count). The minimum atomic E-state index is -0.547. The molecule has 1 aromatic heterocycles. The van der Waals surface area contributed by atoms with Gasteiger partial charge in [-0.1, -0.05) is 17.7 Å². The van der Waals surface area contributed by atoms with Crippen molar-refractivity contribution in [2.45, 2.75) is 34.6 Å². The van der Waals surface area contributed by atoms with Crippen molar-refractivity contribution in [1.29, 1.82) is 0 Å². The summed E-state index contributed by atoms with van der Waals surface area (Å²) in [7, 11) is 2.90. The molecule has 2 aromatic carbocycles. The molecule has 6 nitrogen and oxygen atoms in total. The third kappa shape index (κ3) is 4.22. The van der Waals surface area contributed by atoms with Gasteiger partial charge in [-0.15, -0.1) is 0 Å². The van der Waals surface area contributed by atoms with Crippen LogP contribution >= 0.6 is 11.6 Å². The quantitative estimate of drug-likeness (QED) is 0.304. The largest absolute Gasteiger partial charge is 0.495 e. The van der Waals surface area contributed by atoms with Gasteiger partial charge in [-0.25, -0.2) is 4.79 Å². The number of amides is 1. The van der Waals surface area contributed by atoms with Crippen LogP contribution in [0.15, 0.2) is 59.3 Å². The van der Waals surface area contributed by atoms with E-state index in [1.54, 1.807) is 25.0 Å². The Morgan fingerprint density at radius 2 is 1.61 bits per heavy atom. The third-order valence-electron chi connectivity index (χ3n) is 6.70. The summed E-state index contributed by atoms with van der Waals surface area (Å²) in [4.78, 5) is 28.1. The number of carbonyl (C=O) groups is 2. The maximum Gasteiger partial charge on any atom is 0.340 e. The number of esters is 1. The molecule has 7 heteroatoms. The van der Waals surface area contributed by atoms with E-state index in [1.165, 1.54) is 7.11 Å². The minimum Gasteiger partial charge on any atom is -0.495 e. The van der Waals surface area contributed by atoms with Crippen LogP contribution in [0.2, 0.25) is 5.02 Å². The van der Waals surface area contributed by atoms with Crippen molar-refractivity contribution in [2.75, 3.05) is 19.1 Å². The smallest absolute Gasteiger partial charge is 0.340 e. The zero-order valence-electron chi connectivity index (χ0n) is 21.5. The number of benzene rings is 2. The maximum absolute atomic E-state index is 13.7. The van der Waals surface area contributed by atoms with Crippen molar-refractivity contribution in [3.05, 3.63) is 92.4 Å². The zero-order valence-corrected chi connectivity index (χ0v) is 22.3. The number of rotatable bonds is 5. The first-order valence-electron chi connectivity index (χ1n) is 11.5. The highest BCUT2D eigenvalue weighted by Gasteiger charge is 2.38. The number of ether oxygens (including phenoxy) is 2. The lowest BCUT2D eigenvalue weighted by Gasteiger charge is -2.19. The lowest BCUT2D eigenvalue weighted by atomic mass is 10.0. The second-order valence-corrected chi connectivity index (χ2v) is 9.31. The normalized spacial score (nSPS) is 14.7. The highest BCUT2D eigenvalue weighted by Crippen LogP contribution is 2.37. The van der Waals surface area contributed by atoms with E-state index < -0.39 is 5.97 Å². The number of methoxy groups -OCH3 is 2. The van der Waals surface area contributed by atoms with Crippen LogP contribution in [0.3, 0.4) is 0 Å². The van der Waals surface area contributed by atoms with E-state index in [4.69, 9.17) is 21.1 Å². The molecular formula is C29H29ClN2O4. The van der Waals surface area contributed by atoms with Gasteiger partial charge in [-0.2, -0.15) is 0 Å². The predicted molar refractivity (Wildman–Crippen MR) is 143 cm³/mol. The first-order valence-corrected chi connectivity index (χ1v) is 11.9. The Labute approximate surface area is 216 Å². The average molecular weight is 505 g/mol. The van der Waals surface area contributed by atoms with Gasteiger partial charge >= 0.3 is 5.97 Å². The fourth-order valence-corrected chi connectivity index (χ4v) is 4.89. The van der Waals surface area contributed by atoms with Gasteiger partial charge in [-0.05, 0) is 93.8 Å². The van der Waals surface area contributed by atoms with E-state index in [2.05, 4.69) is 0 Å². The molecule has 2 heterocycles. The van der Waals surface area contributed by atoms with Gasteiger partial charge in [-0.3, -0.25) is 9.69 Å². The fourth-order valence-electron chi connectivity index (χ4n) is 4.64. The van der Waals surface area contributed by atoms with Gasteiger partial charge in [0, 0.05) is 28.5 Å². The van der Waals surface area contributed by atoms with Crippen molar-refractivity contribution < 1.29 is 19.1 Å². The highest BCUT2D eigenvalue weighted by atomic mass is 35.5. The summed E-state index contributed by atoms with van der Waals surface area (Å²) in [5.74, 6) is -0.223. The Morgan fingerprint density at radius 1 is 0.917 bits per heavy atom. The van der Waals surface area contributed by atoms with Gasteiger partial charge in [0.2, 0.25) is 0 Å². The van der Waals surface area contributed by atoms with Crippen LogP contribution in [0, 0.1) is 27.7 Å². The third-order valence-corrected chi connectivity index (χ3v) is 7.00. The van der Waals surface area contributed by atoms with E-state index in [0.717, 1.165) is 33.8 Å². The topological polar surface area (TPSA) is 60.8 Å². The number of carbonyl (C=O) groups excluding carboxylic acids is 2. The molecule has 0 N–H and O–H groups in total. The lowest BCUT2D eigenvalue weighted by molar-refractivity contribution is -0.136. The summed E-state index contributed by atoms with van der Waals surface area (Å²) in [5, 5.41) is 0.504. The Bertz CT molecular complexity index is 1460. The average Bonchev–Trinajstić information content (AvgIpc) is 3.26. The zero-order chi connectivity index (χ0) is 26.3. The number of nitrogens with zero attached hydrogens (tertiary/aromatic N) is 2. The number of halogens is 1. The molecule has 0 spiro atoms. The standard InChI is InChI=1S/C29H29ClN2O4/c1-16-8-9-22(12-17(16)2)32-20(5)27(29(34)36-7)24(28(32)33)14-21-13-18(3)31(19(21)4)23-10-11-26(35-6)25(30)15-23/h8-15H,1-7H3/b24-14-. The summed E-state index contributed by atoms with van der Waals surface area (Å²) in [6.45, 7) is 9.73. The Kier molecular flexibility index (Phi) is 6.83. The second-order valence-electron chi connectivity index (χ2n) is 8.90. The predicted octanol–water partition coefficient (Wildman–Crippen LogP) is 6.25. The van der Waals surface area contributed by atoms with Crippen molar-refractivity contribution in [3.63, 3.8) is 0 Å². The Balaban J connectivity index is 1.84. The van der Waals surface area contributed by atoms with Crippen molar-refractivity contribution >= 4 is 35.2 Å². The molecule has 1 aliphatic rings. The lowest BCUT2D eigenvalue weighted by Crippen LogP contribution is -2.24. The van der Waals surface area contributed by atoms with E-state index in [1.807, 2.05) is 74.7 Å². The molecule has 1 aliphatic heterocycles. The SMILES string of the molecule is COC(=O)C1=C(C)N(c2ccc(C)c(C)c2)C(=O)/C1=C\c1cc(C)n(-c2ccc(OC)c(Cl)c2)c1C. The van der Waals surface area contributed by atoms with E-state index in [0.29, 0.717) is 27.7 Å². The number of anilines is 1. The van der Waals surface area contributed by atoms with E-state index in [-0.39, 0.29) is 11.5 Å². The molecule has 0 atom stereocenters. The van der Waals surface area contributed by atoms with E-state index in [9.17, 15) is 9.59 Å². The first kappa shape index (κ1) is 25.3. The molecular weight excluding hydrogens is 476 g/mol. The minimum absolute atomic E-state index is 0.262. The van der Waals surface area contributed by atoms with Gasteiger partial charge in [0.1, 0.15) is 5.75 Å². The molecule has 186 valence electrons. The molecule has 1 amide bonds. The van der Waals surface area contributed by atoms with Gasteiger partial charge < -0.3 is 14.0 Å². The van der Waals surface area contributed by atoms with Gasteiger partial charge in [0.05, 0.1) is 30.4 Å². The molecule has 0 saturated carbocycles. The summed E-state index contributed by atoms with van der Waals surface area (Å²) in [5.41, 5.74) is 7.55. The summed E-state index contributed by atoms with van der Waals surface area (Å²) < 4.78 is 12.4. The van der Waals surface area contributed by atoms with Crippen LogP contribution in [-0.2, 0) is 14.3 Å². The number of hydrogen-bond acceptors (Lipinski definition) is 4. The molecule has 0 aliphatic carbocycles. The van der Waals surface area contributed by atoms with Crippen LogP contribution in [0.4, 0.5) is 5.69 Å². The van der Waals surface area contributed by atoms with Gasteiger partial charge in [0.25, 0.3) is 5.91 Å². The first-order chi connectivity index (χ1) is 17.1. The van der Waals surface area contributed by atoms with Crippen LogP contribution < -0.4 is 9.64 Å². The molecule has 0 saturated heterocycles. The number of aromatic nitrogens is 1. The van der Waals surface area contributed by atoms with Crippen molar-refractivity contribution in [1.82, 2.24) is 4.57 Å². The molecule has 36 heavy (non-hydrogen) atoms.